The Labute approximate surface area is 232 Å². The van der Waals surface area contributed by atoms with E-state index in [1.165, 1.54) is 33.4 Å². The summed E-state index contributed by atoms with van der Waals surface area (Å²) in [5, 5.41) is 0. The van der Waals surface area contributed by atoms with E-state index in [1.807, 2.05) is 0 Å². The predicted octanol–water partition coefficient (Wildman–Crippen LogP) is 10.9. The zero-order valence-electron chi connectivity index (χ0n) is 20.8. The fraction of sp³-hybridized carbons (Fsp3) is 0. The van der Waals surface area contributed by atoms with E-state index in [-0.39, 0.29) is 0 Å². The largest absolute Gasteiger partial charge is 0.310 e. The van der Waals surface area contributed by atoms with Crippen molar-refractivity contribution in [1.82, 2.24) is 0 Å². The van der Waals surface area contributed by atoms with Gasteiger partial charge in [0.2, 0.25) is 0 Å². The Morgan fingerprint density at radius 1 is 0.342 bits per heavy atom. The Morgan fingerprint density at radius 2 is 0.737 bits per heavy atom. The van der Waals surface area contributed by atoms with Gasteiger partial charge in [0.15, 0.2) is 0 Å². The molecule has 0 radical (unpaired) electrons. The lowest BCUT2D eigenvalue weighted by Gasteiger charge is -2.28. The molecule has 6 aromatic carbocycles. The van der Waals surface area contributed by atoms with Gasteiger partial charge >= 0.3 is 0 Å². The van der Waals surface area contributed by atoms with Crippen LogP contribution in [0, 0.1) is 0 Å². The summed E-state index contributed by atoms with van der Waals surface area (Å²) in [6.45, 7) is 0. The third-order valence-electron chi connectivity index (χ3n) is 6.77. The summed E-state index contributed by atoms with van der Waals surface area (Å²) in [6, 6.07) is 55.9. The highest BCUT2D eigenvalue weighted by Gasteiger charge is 2.17. The second kappa shape index (κ2) is 10.9. The Balaban J connectivity index is 1.46. The summed E-state index contributed by atoms with van der Waals surface area (Å²) in [6.07, 6.45) is 0. The molecule has 0 saturated carbocycles. The Bertz CT molecular complexity index is 1620. The second-order valence-corrected chi connectivity index (χ2v) is 10.1. The minimum Gasteiger partial charge on any atom is -0.310 e. The zero-order chi connectivity index (χ0) is 25.7. The molecule has 0 saturated heterocycles. The van der Waals surface area contributed by atoms with Crippen LogP contribution in [0.4, 0.5) is 17.1 Å². The van der Waals surface area contributed by atoms with Crippen LogP contribution in [0.25, 0.3) is 33.4 Å². The normalized spacial score (nSPS) is 10.8. The molecule has 0 aliphatic heterocycles. The van der Waals surface area contributed by atoms with Crippen LogP contribution in [0.3, 0.4) is 0 Å². The van der Waals surface area contributed by atoms with Gasteiger partial charge in [-0.25, -0.2) is 0 Å². The van der Waals surface area contributed by atoms with Crippen LogP contribution >= 0.6 is 15.9 Å². The van der Waals surface area contributed by atoms with E-state index in [2.05, 4.69) is 179 Å². The lowest BCUT2D eigenvalue weighted by Crippen LogP contribution is -2.11. The number of benzene rings is 6. The third-order valence-corrected chi connectivity index (χ3v) is 7.29. The predicted molar refractivity (Wildman–Crippen MR) is 165 cm³/mol. The molecule has 182 valence electrons. The number of hydrogen-bond donors (Lipinski definition) is 0. The van der Waals surface area contributed by atoms with Gasteiger partial charge in [-0.05, 0) is 70.3 Å². The average Bonchev–Trinajstić information content (AvgIpc) is 3.00. The van der Waals surface area contributed by atoms with Crippen molar-refractivity contribution in [2.75, 3.05) is 4.90 Å². The summed E-state index contributed by atoms with van der Waals surface area (Å²) in [5.41, 5.74) is 10.6. The van der Waals surface area contributed by atoms with Crippen molar-refractivity contribution < 1.29 is 0 Å². The molecule has 0 atom stereocenters. The zero-order valence-corrected chi connectivity index (χ0v) is 22.4. The standard InChI is InChI=1S/C36H26BrN/c37-32-21-15-28(16-22-32)30-19-25-34(26-20-30)38(33-23-17-29(18-24-33)27-9-3-1-4-10-27)36-14-8-7-13-35(36)31-11-5-2-6-12-31/h1-26H. The maximum atomic E-state index is 3.54. The van der Waals surface area contributed by atoms with E-state index in [0.29, 0.717) is 0 Å². The molecule has 6 aromatic rings. The molecule has 0 heterocycles. The first kappa shape index (κ1) is 24.0. The van der Waals surface area contributed by atoms with Crippen LogP contribution < -0.4 is 4.90 Å². The van der Waals surface area contributed by atoms with E-state index < -0.39 is 0 Å². The lowest BCUT2D eigenvalue weighted by atomic mass is 10.0. The number of rotatable bonds is 6. The van der Waals surface area contributed by atoms with Gasteiger partial charge in [0, 0.05) is 21.4 Å². The van der Waals surface area contributed by atoms with Gasteiger partial charge in [0.05, 0.1) is 5.69 Å². The van der Waals surface area contributed by atoms with Gasteiger partial charge in [-0.15, -0.1) is 0 Å². The molecule has 0 bridgehead atoms. The number of hydrogen-bond acceptors (Lipinski definition) is 1. The van der Waals surface area contributed by atoms with Crippen LogP contribution in [0.1, 0.15) is 0 Å². The smallest absolute Gasteiger partial charge is 0.0540 e. The number of para-hydroxylation sites is 1. The monoisotopic (exact) mass is 551 g/mol. The Hall–Kier alpha value is -4.40. The quantitative estimate of drug-likeness (QED) is 0.199. The van der Waals surface area contributed by atoms with E-state index in [1.54, 1.807) is 0 Å². The highest BCUT2D eigenvalue weighted by atomic mass is 79.9. The fourth-order valence-electron chi connectivity index (χ4n) is 4.84. The number of halogens is 1. The molecule has 38 heavy (non-hydrogen) atoms. The molecule has 1 nitrogen and oxygen atoms in total. The van der Waals surface area contributed by atoms with Crippen molar-refractivity contribution in [1.29, 1.82) is 0 Å². The Morgan fingerprint density at radius 3 is 1.26 bits per heavy atom. The fourth-order valence-corrected chi connectivity index (χ4v) is 5.10. The molecule has 2 heteroatoms. The van der Waals surface area contributed by atoms with E-state index in [9.17, 15) is 0 Å². The summed E-state index contributed by atoms with van der Waals surface area (Å²) < 4.78 is 1.08. The highest BCUT2D eigenvalue weighted by molar-refractivity contribution is 9.10. The lowest BCUT2D eigenvalue weighted by molar-refractivity contribution is 1.28. The van der Waals surface area contributed by atoms with E-state index in [0.717, 1.165) is 21.5 Å². The molecule has 0 aromatic heterocycles. The molecule has 0 N–H and O–H groups in total. The van der Waals surface area contributed by atoms with Gasteiger partial charge in [0.1, 0.15) is 0 Å². The van der Waals surface area contributed by atoms with Crippen molar-refractivity contribution in [3.63, 3.8) is 0 Å². The first-order valence-electron chi connectivity index (χ1n) is 12.7. The molecule has 0 amide bonds. The molecular weight excluding hydrogens is 526 g/mol. The van der Waals surface area contributed by atoms with Crippen LogP contribution in [-0.4, -0.2) is 0 Å². The minimum absolute atomic E-state index is 1.08. The van der Waals surface area contributed by atoms with Gasteiger partial charge in [0.25, 0.3) is 0 Å². The molecule has 6 rings (SSSR count). The van der Waals surface area contributed by atoms with E-state index in [4.69, 9.17) is 0 Å². The second-order valence-electron chi connectivity index (χ2n) is 9.19. The SMILES string of the molecule is Brc1ccc(-c2ccc(N(c3ccc(-c4ccccc4)cc3)c3ccccc3-c3ccccc3)cc2)cc1. The van der Waals surface area contributed by atoms with Crippen molar-refractivity contribution in [2.45, 2.75) is 0 Å². The first-order valence-corrected chi connectivity index (χ1v) is 13.5. The third kappa shape index (κ3) is 5.04. The minimum atomic E-state index is 1.08. The van der Waals surface area contributed by atoms with Gasteiger partial charge in [-0.1, -0.05) is 131 Å². The summed E-state index contributed by atoms with van der Waals surface area (Å²) in [4.78, 5) is 2.35. The summed E-state index contributed by atoms with van der Waals surface area (Å²) in [5.74, 6) is 0. The van der Waals surface area contributed by atoms with E-state index >= 15 is 0 Å². The molecule has 0 spiro atoms. The summed E-state index contributed by atoms with van der Waals surface area (Å²) in [7, 11) is 0. The van der Waals surface area contributed by atoms with Crippen LogP contribution in [0.15, 0.2) is 162 Å². The maximum Gasteiger partial charge on any atom is 0.0540 e. The van der Waals surface area contributed by atoms with Crippen LogP contribution in [0.5, 0.6) is 0 Å². The topological polar surface area (TPSA) is 3.24 Å². The van der Waals surface area contributed by atoms with Crippen molar-refractivity contribution in [2.24, 2.45) is 0 Å². The van der Waals surface area contributed by atoms with Crippen LogP contribution in [0.2, 0.25) is 0 Å². The highest BCUT2D eigenvalue weighted by Crippen LogP contribution is 2.41. The summed E-state index contributed by atoms with van der Waals surface area (Å²) >= 11 is 3.54. The number of anilines is 3. The van der Waals surface area contributed by atoms with Crippen molar-refractivity contribution in [3.8, 4) is 33.4 Å². The molecule has 0 fully saturated rings. The number of nitrogens with zero attached hydrogens (tertiary/aromatic N) is 1. The Kier molecular flexibility index (Phi) is 6.89. The van der Waals surface area contributed by atoms with Gasteiger partial charge in [-0.2, -0.15) is 0 Å². The van der Waals surface area contributed by atoms with Crippen molar-refractivity contribution >= 4 is 33.0 Å². The maximum absolute atomic E-state index is 3.54. The first-order chi connectivity index (χ1) is 18.8. The molecular formula is C36H26BrN. The van der Waals surface area contributed by atoms with Crippen LogP contribution in [-0.2, 0) is 0 Å². The van der Waals surface area contributed by atoms with Gasteiger partial charge < -0.3 is 4.90 Å². The molecule has 0 unspecified atom stereocenters. The molecule has 0 aliphatic rings. The average molecular weight is 553 g/mol. The van der Waals surface area contributed by atoms with Gasteiger partial charge in [-0.3, -0.25) is 0 Å². The molecule has 0 aliphatic carbocycles. The van der Waals surface area contributed by atoms with Crippen molar-refractivity contribution in [3.05, 3.63) is 162 Å².